The molecule has 1 N–H and O–H groups in total. The maximum absolute atomic E-state index is 12.2. The van der Waals surface area contributed by atoms with Gasteiger partial charge in [-0.05, 0) is 37.6 Å². The van der Waals surface area contributed by atoms with Gasteiger partial charge < -0.3 is 10.1 Å². The van der Waals surface area contributed by atoms with E-state index in [0.717, 1.165) is 6.54 Å². The van der Waals surface area contributed by atoms with Crippen LogP contribution in [-0.4, -0.2) is 34.4 Å². The zero-order valence-electron chi connectivity index (χ0n) is 11.8. The van der Waals surface area contributed by atoms with Crippen LogP contribution in [0, 0.1) is 5.92 Å². The van der Waals surface area contributed by atoms with E-state index in [1.54, 1.807) is 24.3 Å². The summed E-state index contributed by atoms with van der Waals surface area (Å²) in [4.78, 5) is 0.279. The van der Waals surface area contributed by atoms with E-state index in [1.807, 2.05) is 0 Å². The third-order valence-corrected chi connectivity index (χ3v) is 4.56. The summed E-state index contributed by atoms with van der Waals surface area (Å²) in [6.07, 6.45) is 0.604. The summed E-state index contributed by atoms with van der Waals surface area (Å²) in [5.41, 5.74) is 0. The zero-order chi connectivity index (χ0) is 14.3. The topological polar surface area (TPSA) is 55.4 Å². The van der Waals surface area contributed by atoms with Crippen LogP contribution >= 0.6 is 0 Å². The summed E-state index contributed by atoms with van der Waals surface area (Å²) in [7, 11) is -1.78. The van der Waals surface area contributed by atoms with Crippen LogP contribution in [0.2, 0.25) is 0 Å². The Labute approximate surface area is 116 Å². The Hall–Kier alpha value is -1.07. The van der Waals surface area contributed by atoms with E-state index >= 15 is 0 Å². The van der Waals surface area contributed by atoms with E-state index in [-0.39, 0.29) is 10.6 Å². The quantitative estimate of drug-likeness (QED) is 0.743. The van der Waals surface area contributed by atoms with Gasteiger partial charge in [0.15, 0.2) is 9.84 Å². The van der Waals surface area contributed by atoms with E-state index in [1.165, 1.54) is 7.11 Å². The fraction of sp³-hybridized carbons (Fsp3) is 0.571. The zero-order valence-corrected chi connectivity index (χ0v) is 12.7. The van der Waals surface area contributed by atoms with Gasteiger partial charge in [0.1, 0.15) is 10.6 Å². The molecule has 0 heterocycles. The van der Waals surface area contributed by atoms with E-state index in [0.29, 0.717) is 24.6 Å². The van der Waals surface area contributed by atoms with E-state index in [9.17, 15) is 8.42 Å². The number of benzene rings is 1. The Morgan fingerprint density at radius 3 is 2.58 bits per heavy atom. The number of para-hydroxylation sites is 1. The highest BCUT2D eigenvalue weighted by molar-refractivity contribution is 7.91. The summed E-state index contributed by atoms with van der Waals surface area (Å²) >= 11 is 0. The number of hydrogen-bond acceptors (Lipinski definition) is 4. The molecular weight excluding hydrogens is 262 g/mol. The van der Waals surface area contributed by atoms with Crippen molar-refractivity contribution < 1.29 is 13.2 Å². The summed E-state index contributed by atoms with van der Waals surface area (Å²) in [6.45, 7) is 5.87. The fourth-order valence-corrected chi connectivity index (χ4v) is 3.25. The summed E-state index contributed by atoms with van der Waals surface area (Å²) in [6, 6.07) is 6.74. The molecule has 0 spiro atoms. The maximum Gasteiger partial charge on any atom is 0.182 e. The lowest BCUT2D eigenvalue weighted by atomic mass is 10.2. The van der Waals surface area contributed by atoms with Gasteiger partial charge in [-0.15, -0.1) is 0 Å². The number of hydrogen-bond donors (Lipinski definition) is 1. The monoisotopic (exact) mass is 285 g/mol. The van der Waals surface area contributed by atoms with Gasteiger partial charge in [0.05, 0.1) is 12.9 Å². The lowest BCUT2D eigenvalue weighted by molar-refractivity contribution is 0.402. The minimum atomic E-state index is -3.27. The minimum Gasteiger partial charge on any atom is -0.495 e. The van der Waals surface area contributed by atoms with Crippen LogP contribution < -0.4 is 10.1 Å². The lowest BCUT2D eigenvalue weighted by Crippen LogP contribution is -2.22. The highest BCUT2D eigenvalue weighted by Crippen LogP contribution is 2.24. The predicted octanol–water partition coefficient (Wildman–Crippen LogP) is 2.10. The van der Waals surface area contributed by atoms with Crippen molar-refractivity contribution in [3.05, 3.63) is 24.3 Å². The van der Waals surface area contributed by atoms with Crippen molar-refractivity contribution in [2.45, 2.75) is 25.2 Å². The van der Waals surface area contributed by atoms with E-state index < -0.39 is 9.84 Å². The number of rotatable bonds is 8. The van der Waals surface area contributed by atoms with Crippen molar-refractivity contribution in [3.63, 3.8) is 0 Å². The Kier molecular flexibility index (Phi) is 6.31. The third-order valence-electron chi connectivity index (χ3n) is 2.72. The molecule has 0 aliphatic carbocycles. The molecule has 0 aromatic heterocycles. The molecule has 0 radical (unpaired) electrons. The first-order valence-electron chi connectivity index (χ1n) is 6.54. The van der Waals surface area contributed by atoms with Gasteiger partial charge in [0.25, 0.3) is 0 Å². The van der Waals surface area contributed by atoms with Crippen LogP contribution in [0.25, 0.3) is 0 Å². The largest absolute Gasteiger partial charge is 0.495 e. The number of nitrogens with one attached hydrogen (secondary N) is 1. The molecule has 1 rings (SSSR count). The molecule has 0 saturated carbocycles. The lowest BCUT2D eigenvalue weighted by Gasteiger charge is -2.10. The van der Waals surface area contributed by atoms with Gasteiger partial charge in [-0.1, -0.05) is 26.0 Å². The molecule has 108 valence electrons. The maximum atomic E-state index is 12.2. The van der Waals surface area contributed by atoms with Crippen LogP contribution in [0.15, 0.2) is 29.2 Å². The van der Waals surface area contributed by atoms with Crippen LogP contribution in [0.3, 0.4) is 0 Å². The summed E-state index contributed by atoms with van der Waals surface area (Å²) < 4.78 is 29.5. The van der Waals surface area contributed by atoms with Crippen molar-refractivity contribution in [1.29, 1.82) is 0 Å². The smallest absolute Gasteiger partial charge is 0.182 e. The second-order valence-electron chi connectivity index (χ2n) is 4.92. The first-order chi connectivity index (χ1) is 8.97. The third kappa shape index (κ3) is 5.20. The van der Waals surface area contributed by atoms with Crippen LogP contribution in [0.5, 0.6) is 5.75 Å². The van der Waals surface area contributed by atoms with Gasteiger partial charge in [-0.2, -0.15) is 0 Å². The molecule has 1 aromatic carbocycles. The highest BCUT2D eigenvalue weighted by Gasteiger charge is 2.18. The van der Waals surface area contributed by atoms with Gasteiger partial charge in [-0.25, -0.2) is 8.42 Å². The molecule has 0 bridgehead atoms. The van der Waals surface area contributed by atoms with Gasteiger partial charge in [0, 0.05) is 0 Å². The van der Waals surface area contributed by atoms with Crippen molar-refractivity contribution in [2.75, 3.05) is 26.0 Å². The van der Waals surface area contributed by atoms with Gasteiger partial charge in [0.2, 0.25) is 0 Å². The molecule has 0 amide bonds. The van der Waals surface area contributed by atoms with Crippen LogP contribution in [0.1, 0.15) is 20.3 Å². The standard InChI is InChI=1S/C14H23NO3S/c1-12(2)11-15-9-6-10-19(16,17)14-8-5-4-7-13(14)18-3/h4-5,7-8,12,15H,6,9-11H2,1-3H3. The average molecular weight is 285 g/mol. The highest BCUT2D eigenvalue weighted by atomic mass is 32.2. The molecule has 0 fully saturated rings. The Bertz CT molecular complexity index is 483. The van der Waals surface area contributed by atoms with Gasteiger partial charge >= 0.3 is 0 Å². The first kappa shape index (κ1) is 16.0. The van der Waals surface area contributed by atoms with Crippen molar-refractivity contribution >= 4 is 9.84 Å². The van der Waals surface area contributed by atoms with Gasteiger partial charge in [-0.3, -0.25) is 0 Å². The molecular formula is C14H23NO3S. The Balaban J connectivity index is 2.56. The summed E-state index contributed by atoms with van der Waals surface area (Å²) in [5.74, 6) is 1.13. The molecule has 5 heteroatoms. The predicted molar refractivity (Wildman–Crippen MR) is 77.4 cm³/mol. The second-order valence-corrected chi connectivity index (χ2v) is 7.00. The normalized spacial score (nSPS) is 11.8. The molecule has 0 atom stereocenters. The molecule has 0 unspecified atom stereocenters. The number of ether oxygens (including phenoxy) is 1. The molecule has 19 heavy (non-hydrogen) atoms. The van der Waals surface area contributed by atoms with Crippen molar-refractivity contribution in [2.24, 2.45) is 5.92 Å². The molecule has 4 nitrogen and oxygen atoms in total. The molecule has 1 aromatic rings. The van der Waals surface area contributed by atoms with Crippen LogP contribution in [0.4, 0.5) is 0 Å². The van der Waals surface area contributed by atoms with Crippen molar-refractivity contribution in [1.82, 2.24) is 5.32 Å². The Morgan fingerprint density at radius 1 is 1.26 bits per heavy atom. The average Bonchev–Trinajstić information content (AvgIpc) is 2.37. The number of methoxy groups -OCH3 is 1. The molecule has 0 aliphatic rings. The minimum absolute atomic E-state index is 0.137. The van der Waals surface area contributed by atoms with Crippen molar-refractivity contribution in [3.8, 4) is 5.75 Å². The van der Waals surface area contributed by atoms with E-state index in [4.69, 9.17) is 4.74 Å². The number of sulfone groups is 1. The summed E-state index contributed by atoms with van der Waals surface area (Å²) in [5, 5.41) is 3.24. The molecule has 0 saturated heterocycles. The van der Waals surface area contributed by atoms with E-state index in [2.05, 4.69) is 19.2 Å². The Morgan fingerprint density at radius 2 is 1.95 bits per heavy atom. The second kappa shape index (κ2) is 7.50. The SMILES string of the molecule is COc1ccccc1S(=O)(=O)CCCNCC(C)C. The fourth-order valence-electron chi connectivity index (χ4n) is 1.76. The molecule has 0 aliphatic heterocycles. The van der Waals surface area contributed by atoms with Crippen LogP contribution in [-0.2, 0) is 9.84 Å². The first-order valence-corrected chi connectivity index (χ1v) is 8.19.